The van der Waals surface area contributed by atoms with Gasteiger partial charge in [-0.25, -0.2) is 4.79 Å². The molecule has 6 nitrogen and oxygen atoms in total. The molecule has 0 saturated heterocycles. The van der Waals surface area contributed by atoms with Gasteiger partial charge in [0.15, 0.2) is 6.10 Å². The number of anilines is 1. The Bertz CT molecular complexity index is 842. The van der Waals surface area contributed by atoms with Crippen molar-refractivity contribution in [3.8, 4) is 11.5 Å². The first kappa shape index (κ1) is 20.8. The highest BCUT2D eigenvalue weighted by molar-refractivity contribution is 5.97. The van der Waals surface area contributed by atoms with Crippen LogP contribution >= 0.6 is 0 Å². The van der Waals surface area contributed by atoms with Crippen LogP contribution in [0.1, 0.15) is 12.5 Å². The summed E-state index contributed by atoms with van der Waals surface area (Å²) in [5.41, 5.74) is 1.31. The molecule has 1 amide bonds. The Balaban J connectivity index is 1.88. The normalized spacial score (nSPS) is 11.5. The lowest BCUT2D eigenvalue weighted by Gasteiger charge is -2.14. The van der Waals surface area contributed by atoms with Crippen molar-refractivity contribution in [1.82, 2.24) is 0 Å². The minimum Gasteiger partial charge on any atom is -0.495 e. The summed E-state index contributed by atoms with van der Waals surface area (Å²) in [6.45, 7) is 5.52. The number of benzene rings is 2. The van der Waals surface area contributed by atoms with Gasteiger partial charge < -0.3 is 19.5 Å². The number of carbonyl (C=O) groups excluding carboxylic acids is 2. The standard InChI is InChI=1S/C22H23NO5/c1-4-15-27-18-12-9-17(10-13-18)11-14-21(24)28-16(2)22(25)23-19-7-5-6-8-20(19)26-3/h4-14,16H,1,15H2,2-3H3,(H,23,25)/b14-11+/t16-/m1/s1. The van der Waals surface area contributed by atoms with Gasteiger partial charge in [-0.05, 0) is 42.8 Å². The van der Waals surface area contributed by atoms with E-state index in [0.29, 0.717) is 23.8 Å². The minimum atomic E-state index is -0.961. The van der Waals surface area contributed by atoms with Crippen molar-refractivity contribution in [3.05, 3.63) is 72.8 Å². The van der Waals surface area contributed by atoms with Gasteiger partial charge in [0.2, 0.25) is 0 Å². The van der Waals surface area contributed by atoms with Crippen molar-refractivity contribution < 1.29 is 23.8 Å². The number of carbonyl (C=O) groups is 2. The predicted octanol–water partition coefficient (Wildman–Crippen LogP) is 3.84. The molecule has 2 aromatic carbocycles. The average Bonchev–Trinajstić information content (AvgIpc) is 2.71. The van der Waals surface area contributed by atoms with E-state index in [0.717, 1.165) is 5.56 Å². The summed E-state index contributed by atoms with van der Waals surface area (Å²) in [7, 11) is 1.51. The molecule has 0 unspecified atom stereocenters. The van der Waals surface area contributed by atoms with Gasteiger partial charge in [0.25, 0.3) is 5.91 Å². The summed E-state index contributed by atoms with van der Waals surface area (Å²) in [5, 5.41) is 2.68. The zero-order valence-corrected chi connectivity index (χ0v) is 15.9. The number of ether oxygens (including phenoxy) is 3. The Kier molecular flexibility index (Phi) is 7.84. The lowest BCUT2D eigenvalue weighted by atomic mass is 10.2. The highest BCUT2D eigenvalue weighted by atomic mass is 16.5. The summed E-state index contributed by atoms with van der Waals surface area (Å²) in [4.78, 5) is 24.2. The number of esters is 1. The highest BCUT2D eigenvalue weighted by Gasteiger charge is 2.18. The van der Waals surface area contributed by atoms with E-state index in [9.17, 15) is 9.59 Å². The molecule has 0 heterocycles. The molecule has 146 valence electrons. The molecule has 1 atom stereocenters. The number of hydrogen-bond donors (Lipinski definition) is 1. The molecular formula is C22H23NO5. The summed E-state index contributed by atoms with van der Waals surface area (Å²) >= 11 is 0. The van der Waals surface area contributed by atoms with E-state index < -0.39 is 18.0 Å². The smallest absolute Gasteiger partial charge is 0.331 e. The fraction of sp³-hybridized carbons (Fsp3) is 0.182. The zero-order chi connectivity index (χ0) is 20.4. The van der Waals surface area contributed by atoms with Gasteiger partial charge in [-0.2, -0.15) is 0 Å². The number of amides is 1. The summed E-state index contributed by atoms with van der Waals surface area (Å²) < 4.78 is 15.7. The number of hydrogen-bond acceptors (Lipinski definition) is 5. The highest BCUT2D eigenvalue weighted by Crippen LogP contribution is 2.23. The van der Waals surface area contributed by atoms with Crippen LogP contribution in [0.3, 0.4) is 0 Å². The molecule has 2 aromatic rings. The molecule has 0 bridgehead atoms. The predicted molar refractivity (Wildman–Crippen MR) is 108 cm³/mol. The second-order valence-electron chi connectivity index (χ2n) is 5.77. The second kappa shape index (κ2) is 10.6. The Hall–Kier alpha value is -3.54. The number of methoxy groups -OCH3 is 1. The summed E-state index contributed by atoms with van der Waals surface area (Å²) in [6, 6.07) is 14.2. The van der Waals surface area contributed by atoms with Crippen molar-refractivity contribution >= 4 is 23.6 Å². The molecule has 0 aliphatic heterocycles. The van der Waals surface area contributed by atoms with E-state index in [-0.39, 0.29) is 0 Å². The first-order valence-electron chi connectivity index (χ1n) is 8.70. The second-order valence-corrected chi connectivity index (χ2v) is 5.77. The van der Waals surface area contributed by atoms with Crippen LogP contribution in [-0.4, -0.2) is 31.7 Å². The van der Waals surface area contributed by atoms with Crippen LogP contribution in [0.4, 0.5) is 5.69 Å². The number of para-hydroxylation sites is 2. The van der Waals surface area contributed by atoms with Crippen molar-refractivity contribution in [1.29, 1.82) is 0 Å². The average molecular weight is 381 g/mol. The van der Waals surface area contributed by atoms with Crippen molar-refractivity contribution in [2.24, 2.45) is 0 Å². The quantitative estimate of drug-likeness (QED) is 0.406. The maximum atomic E-state index is 12.2. The van der Waals surface area contributed by atoms with Gasteiger partial charge in [0.1, 0.15) is 18.1 Å². The molecule has 6 heteroatoms. The third kappa shape index (κ3) is 6.32. The maximum absolute atomic E-state index is 12.2. The molecule has 0 spiro atoms. The van der Waals surface area contributed by atoms with Crippen LogP contribution < -0.4 is 14.8 Å². The van der Waals surface area contributed by atoms with Crippen molar-refractivity contribution in [3.63, 3.8) is 0 Å². The molecule has 0 aromatic heterocycles. The molecular weight excluding hydrogens is 358 g/mol. The lowest BCUT2D eigenvalue weighted by molar-refractivity contribution is -0.148. The van der Waals surface area contributed by atoms with Crippen molar-refractivity contribution in [2.75, 3.05) is 19.0 Å². The minimum absolute atomic E-state index is 0.427. The Labute approximate surface area is 164 Å². The fourth-order valence-electron chi connectivity index (χ4n) is 2.24. The van der Waals surface area contributed by atoms with E-state index in [1.165, 1.54) is 20.1 Å². The van der Waals surface area contributed by atoms with Gasteiger partial charge in [-0.15, -0.1) is 0 Å². The van der Waals surface area contributed by atoms with Crippen LogP contribution in [0.15, 0.2) is 67.3 Å². The Morgan fingerprint density at radius 1 is 1.14 bits per heavy atom. The van der Waals surface area contributed by atoms with Crippen LogP contribution in [0, 0.1) is 0 Å². The van der Waals surface area contributed by atoms with Gasteiger partial charge in [-0.3, -0.25) is 4.79 Å². The third-order valence-corrected chi connectivity index (χ3v) is 3.69. The molecule has 28 heavy (non-hydrogen) atoms. The maximum Gasteiger partial charge on any atom is 0.331 e. The summed E-state index contributed by atoms with van der Waals surface area (Å²) in [5.74, 6) is 0.167. The fourth-order valence-corrected chi connectivity index (χ4v) is 2.24. The summed E-state index contributed by atoms with van der Waals surface area (Å²) in [6.07, 6.45) is 3.57. The SMILES string of the molecule is C=CCOc1ccc(/C=C/C(=O)O[C@H](C)C(=O)Nc2ccccc2OC)cc1. The van der Waals surface area contributed by atoms with Gasteiger partial charge in [0.05, 0.1) is 12.8 Å². The molecule has 0 aliphatic carbocycles. The van der Waals surface area contributed by atoms with Crippen LogP contribution in [0.25, 0.3) is 6.08 Å². The van der Waals surface area contributed by atoms with Gasteiger partial charge in [0, 0.05) is 6.08 Å². The Morgan fingerprint density at radius 2 is 1.86 bits per heavy atom. The van der Waals surface area contributed by atoms with E-state index in [4.69, 9.17) is 14.2 Å². The lowest BCUT2D eigenvalue weighted by Crippen LogP contribution is -2.29. The van der Waals surface area contributed by atoms with Crippen molar-refractivity contribution in [2.45, 2.75) is 13.0 Å². The van der Waals surface area contributed by atoms with Crippen LogP contribution in [-0.2, 0) is 14.3 Å². The van der Waals surface area contributed by atoms with Crippen LogP contribution in [0.2, 0.25) is 0 Å². The first-order valence-corrected chi connectivity index (χ1v) is 8.70. The zero-order valence-electron chi connectivity index (χ0n) is 15.9. The van der Waals surface area contributed by atoms with E-state index in [2.05, 4.69) is 11.9 Å². The molecule has 0 saturated carbocycles. The molecule has 0 radical (unpaired) electrons. The first-order chi connectivity index (χ1) is 13.5. The topological polar surface area (TPSA) is 73.9 Å². The van der Waals surface area contributed by atoms with E-state index in [1.54, 1.807) is 60.7 Å². The Morgan fingerprint density at radius 3 is 2.54 bits per heavy atom. The number of nitrogens with one attached hydrogen (secondary N) is 1. The molecule has 0 aliphatic rings. The van der Waals surface area contributed by atoms with E-state index in [1.807, 2.05) is 0 Å². The van der Waals surface area contributed by atoms with Gasteiger partial charge >= 0.3 is 5.97 Å². The molecule has 2 rings (SSSR count). The molecule has 0 fully saturated rings. The van der Waals surface area contributed by atoms with Gasteiger partial charge in [-0.1, -0.05) is 36.9 Å². The largest absolute Gasteiger partial charge is 0.495 e. The molecule has 1 N–H and O–H groups in total. The number of rotatable bonds is 9. The third-order valence-electron chi connectivity index (χ3n) is 3.69. The monoisotopic (exact) mass is 381 g/mol. The van der Waals surface area contributed by atoms with Crippen LogP contribution in [0.5, 0.6) is 11.5 Å². The van der Waals surface area contributed by atoms with E-state index >= 15 is 0 Å².